The van der Waals surface area contributed by atoms with Crippen molar-refractivity contribution >= 4 is 0 Å². The van der Waals surface area contributed by atoms with Crippen molar-refractivity contribution in [3.63, 3.8) is 0 Å². The van der Waals surface area contributed by atoms with Gasteiger partial charge >= 0.3 is 0 Å². The average Bonchev–Trinajstić information content (AvgIpc) is 2.84. The van der Waals surface area contributed by atoms with Gasteiger partial charge in [-0.15, -0.1) is 0 Å². The molecule has 2 nitrogen and oxygen atoms in total. The van der Waals surface area contributed by atoms with Crippen molar-refractivity contribution in [2.24, 2.45) is 23.2 Å². The highest BCUT2D eigenvalue weighted by Gasteiger charge is 2.51. The first-order chi connectivity index (χ1) is 9.21. The van der Waals surface area contributed by atoms with E-state index in [-0.39, 0.29) is 5.54 Å². The summed E-state index contributed by atoms with van der Waals surface area (Å²) in [4.78, 5) is 0. The molecule has 2 N–H and O–H groups in total. The summed E-state index contributed by atoms with van der Waals surface area (Å²) in [7, 11) is 0. The Kier molecular flexibility index (Phi) is 2.97. The van der Waals surface area contributed by atoms with Crippen molar-refractivity contribution in [3.05, 3.63) is 0 Å². The van der Waals surface area contributed by atoms with E-state index in [4.69, 9.17) is 0 Å². The summed E-state index contributed by atoms with van der Waals surface area (Å²) in [5.41, 5.74) is 0.697. The molecular weight excluding hydrogens is 234 g/mol. The molecule has 0 saturated heterocycles. The minimum atomic E-state index is 0.0866. The Hall–Kier alpha value is -0.0800. The van der Waals surface area contributed by atoms with Gasteiger partial charge in [0, 0.05) is 12.1 Å². The van der Waals surface area contributed by atoms with E-state index >= 15 is 0 Å². The number of rotatable bonds is 4. The molecule has 5 aliphatic rings. The summed E-state index contributed by atoms with van der Waals surface area (Å²) in [6, 6.07) is 0. The van der Waals surface area contributed by atoms with Gasteiger partial charge in [0.15, 0.2) is 0 Å². The highest BCUT2D eigenvalue weighted by molar-refractivity contribution is 5.04. The second kappa shape index (κ2) is 4.46. The molecule has 0 unspecified atom stereocenters. The summed E-state index contributed by atoms with van der Waals surface area (Å²) in [5, 5.41) is 13.6. The Labute approximate surface area is 117 Å². The van der Waals surface area contributed by atoms with Crippen LogP contribution in [0.1, 0.15) is 64.2 Å². The molecule has 5 saturated carbocycles. The monoisotopic (exact) mass is 263 g/mol. The van der Waals surface area contributed by atoms with Gasteiger partial charge in [0.2, 0.25) is 0 Å². The van der Waals surface area contributed by atoms with Crippen LogP contribution < -0.4 is 5.32 Å². The zero-order valence-electron chi connectivity index (χ0n) is 12.2. The summed E-state index contributed by atoms with van der Waals surface area (Å²) >= 11 is 0. The molecule has 5 rings (SSSR count). The van der Waals surface area contributed by atoms with E-state index in [9.17, 15) is 5.11 Å². The van der Waals surface area contributed by atoms with Crippen molar-refractivity contribution < 1.29 is 5.11 Å². The molecule has 0 heterocycles. The van der Waals surface area contributed by atoms with Gasteiger partial charge in [-0.05, 0) is 74.5 Å². The second-order valence-corrected chi connectivity index (χ2v) is 8.42. The first-order valence-corrected chi connectivity index (χ1v) is 8.57. The maximum Gasteiger partial charge on any atom is 0.0613 e. The second-order valence-electron chi connectivity index (χ2n) is 8.42. The van der Waals surface area contributed by atoms with Crippen LogP contribution in [-0.4, -0.2) is 23.8 Å². The van der Waals surface area contributed by atoms with E-state index in [0.717, 1.165) is 17.8 Å². The van der Waals surface area contributed by atoms with Crippen LogP contribution in [0.2, 0.25) is 0 Å². The Balaban J connectivity index is 1.45. The van der Waals surface area contributed by atoms with Crippen LogP contribution in [0.15, 0.2) is 0 Å². The number of aliphatic hydroxyl groups excluding tert-OH is 1. The van der Waals surface area contributed by atoms with Gasteiger partial charge in [-0.25, -0.2) is 0 Å². The van der Waals surface area contributed by atoms with Crippen molar-refractivity contribution in [1.82, 2.24) is 5.32 Å². The third-order valence-corrected chi connectivity index (χ3v) is 6.87. The molecule has 0 amide bonds. The van der Waals surface area contributed by atoms with E-state index in [1.54, 1.807) is 0 Å². The molecule has 5 fully saturated rings. The van der Waals surface area contributed by atoms with Crippen LogP contribution in [0, 0.1) is 23.2 Å². The van der Waals surface area contributed by atoms with Gasteiger partial charge in [-0.1, -0.05) is 12.8 Å². The quantitative estimate of drug-likeness (QED) is 0.817. The maximum absolute atomic E-state index is 9.77. The summed E-state index contributed by atoms with van der Waals surface area (Å²) in [6.45, 7) is 1.54. The fraction of sp³-hybridized carbons (Fsp3) is 1.00. The minimum absolute atomic E-state index is 0.0866. The fourth-order valence-corrected chi connectivity index (χ4v) is 6.32. The molecule has 0 aromatic heterocycles. The van der Waals surface area contributed by atoms with Gasteiger partial charge < -0.3 is 10.4 Å². The lowest BCUT2D eigenvalue weighted by molar-refractivity contribution is -0.0561. The van der Waals surface area contributed by atoms with Crippen molar-refractivity contribution in [1.29, 1.82) is 0 Å². The average molecular weight is 263 g/mol. The summed E-state index contributed by atoms with van der Waals surface area (Å²) in [5.74, 6) is 3.13. The van der Waals surface area contributed by atoms with Gasteiger partial charge in [0.05, 0.1) is 6.61 Å². The van der Waals surface area contributed by atoms with Gasteiger partial charge in [0.1, 0.15) is 0 Å². The Morgan fingerprint density at radius 1 is 0.895 bits per heavy atom. The maximum atomic E-state index is 9.77. The lowest BCUT2D eigenvalue weighted by atomic mass is 9.49. The number of hydrogen-bond acceptors (Lipinski definition) is 2. The highest BCUT2D eigenvalue weighted by Crippen LogP contribution is 2.59. The topological polar surface area (TPSA) is 32.3 Å². The largest absolute Gasteiger partial charge is 0.394 e. The molecule has 19 heavy (non-hydrogen) atoms. The van der Waals surface area contributed by atoms with Crippen LogP contribution in [0.3, 0.4) is 0 Å². The van der Waals surface area contributed by atoms with Gasteiger partial charge in [-0.2, -0.15) is 0 Å². The standard InChI is InChI=1S/C17H29NO/c19-12-17(3-1-2-4-17)18-11-16-8-13-5-14(9-16)7-15(6-13)10-16/h13-15,18-19H,1-12H2. The Morgan fingerprint density at radius 2 is 1.42 bits per heavy atom. The van der Waals surface area contributed by atoms with Crippen LogP contribution in [0.25, 0.3) is 0 Å². The molecule has 4 bridgehead atoms. The lowest BCUT2D eigenvalue weighted by Gasteiger charge is -2.57. The Morgan fingerprint density at radius 3 is 1.89 bits per heavy atom. The molecule has 0 radical (unpaired) electrons. The molecular formula is C17H29NO. The van der Waals surface area contributed by atoms with E-state index in [1.165, 1.54) is 70.8 Å². The van der Waals surface area contributed by atoms with Crippen molar-refractivity contribution in [2.45, 2.75) is 69.7 Å². The van der Waals surface area contributed by atoms with Crippen LogP contribution in [-0.2, 0) is 0 Å². The molecule has 0 spiro atoms. The zero-order valence-corrected chi connectivity index (χ0v) is 12.2. The molecule has 0 atom stereocenters. The smallest absolute Gasteiger partial charge is 0.0613 e. The number of hydrogen-bond donors (Lipinski definition) is 2. The van der Waals surface area contributed by atoms with Crippen LogP contribution >= 0.6 is 0 Å². The fourth-order valence-electron chi connectivity index (χ4n) is 6.32. The third-order valence-electron chi connectivity index (χ3n) is 6.87. The van der Waals surface area contributed by atoms with Gasteiger partial charge in [-0.3, -0.25) is 0 Å². The van der Waals surface area contributed by atoms with E-state index in [2.05, 4.69) is 5.32 Å². The van der Waals surface area contributed by atoms with E-state index in [1.807, 2.05) is 0 Å². The molecule has 108 valence electrons. The third kappa shape index (κ3) is 2.15. The molecule has 2 heteroatoms. The molecule has 0 aromatic carbocycles. The summed E-state index contributed by atoms with van der Waals surface area (Å²) in [6.07, 6.45) is 14.0. The normalized spacial score (nSPS) is 46.9. The highest BCUT2D eigenvalue weighted by atomic mass is 16.3. The molecule has 0 aliphatic heterocycles. The van der Waals surface area contributed by atoms with Crippen LogP contribution in [0.5, 0.6) is 0 Å². The first kappa shape index (κ1) is 12.6. The molecule has 0 aromatic rings. The van der Waals surface area contributed by atoms with Crippen molar-refractivity contribution in [2.75, 3.05) is 13.2 Å². The molecule has 5 aliphatic carbocycles. The van der Waals surface area contributed by atoms with E-state index < -0.39 is 0 Å². The predicted octanol–water partition coefficient (Wildman–Crippen LogP) is 3.10. The summed E-state index contributed by atoms with van der Waals surface area (Å²) < 4.78 is 0. The predicted molar refractivity (Wildman–Crippen MR) is 76.9 cm³/mol. The first-order valence-electron chi connectivity index (χ1n) is 8.57. The minimum Gasteiger partial charge on any atom is -0.394 e. The Bertz CT molecular complexity index is 310. The zero-order chi connectivity index (χ0) is 12.9. The van der Waals surface area contributed by atoms with E-state index in [0.29, 0.717) is 12.0 Å². The number of nitrogens with one attached hydrogen (secondary N) is 1. The van der Waals surface area contributed by atoms with Gasteiger partial charge in [0.25, 0.3) is 0 Å². The SMILES string of the molecule is OCC1(NCC23CC4CC(CC(C4)C2)C3)CCCC1. The number of aliphatic hydroxyl groups is 1. The van der Waals surface area contributed by atoms with Crippen LogP contribution in [0.4, 0.5) is 0 Å². The lowest BCUT2D eigenvalue weighted by Crippen LogP contribution is -2.55. The van der Waals surface area contributed by atoms with Crippen molar-refractivity contribution in [3.8, 4) is 0 Å².